The number of oxazole rings is 1. The van der Waals surface area contributed by atoms with Crippen molar-refractivity contribution in [1.29, 1.82) is 0 Å². The van der Waals surface area contributed by atoms with Crippen LogP contribution in [0.3, 0.4) is 0 Å². The van der Waals surface area contributed by atoms with E-state index in [2.05, 4.69) is 15.3 Å². The van der Waals surface area contributed by atoms with Crippen molar-refractivity contribution < 1.29 is 22.4 Å². The molecular weight excluding hydrogens is 434 g/mol. The van der Waals surface area contributed by atoms with Gasteiger partial charge in [0.25, 0.3) is 0 Å². The number of hydrogen-bond donors (Lipinski definition) is 0. The quantitative estimate of drug-likeness (QED) is 0.434. The van der Waals surface area contributed by atoms with Gasteiger partial charge in [-0.15, -0.1) is 5.10 Å². The van der Waals surface area contributed by atoms with Crippen LogP contribution in [0.1, 0.15) is 11.5 Å². The lowest BCUT2D eigenvalue weighted by atomic mass is 10.2. The van der Waals surface area contributed by atoms with E-state index in [4.69, 9.17) is 14.0 Å². The fourth-order valence-electron chi connectivity index (χ4n) is 3.46. The molecule has 0 aliphatic carbocycles. The highest BCUT2D eigenvalue weighted by Crippen LogP contribution is 2.23. The summed E-state index contributed by atoms with van der Waals surface area (Å²) in [5, 5.41) is 8.06. The first kappa shape index (κ1) is 20.6. The highest BCUT2D eigenvalue weighted by Gasteiger charge is 2.27. The van der Waals surface area contributed by atoms with E-state index >= 15 is 0 Å². The first-order chi connectivity index (χ1) is 15.5. The lowest BCUT2D eigenvalue weighted by Crippen LogP contribution is -2.40. The number of aromatic nitrogens is 4. The van der Waals surface area contributed by atoms with Gasteiger partial charge in [0.2, 0.25) is 15.9 Å². The Kier molecular flexibility index (Phi) is 5.37. The van der Waals surface area contributed by atoms with Crippen LogP contribution in [-0.4, -0.2) is 59.2 Å². The molecule has 10 nitrogen and oxygen atoms in total. The zero-order valence-corrected chi connectivity index (χ0v) is 18.2. The molecule has 166 valence electrons. The Hall–Kier alpha value is -3.28. The van der Waals surface area contributed by atoms with Crippen molar-refractivity contribution in [2.24, 2.45) is 0 Å². The summed E-state index contributed by atoms with van der Waals surface area (Å²) in [6.07, 6.45) is 0. The Bertz CT molecular complexity index is 1340. The Labute approximate surface area is 184 Å². The van der Waals surface area contributed by atoms with Gasteiger partial charge in [-0.2, -0.15) is 4.31 Å². The maximum Gasteiger partial charge on any atom is 0.243 e. The molecule has 0 radical (unpaired) electrons. The van der Waals surface area contributed by atoms with Gasteiger partial charge in [-0.3, -0.25) is 0 Å². The summed E-state index contributed by atoms with van der Waals surface area (Å²) in [6.45, 7) is 3.30. The smallest absolute Gasteiger partial charge is 0.243 e. The van der Waals surface area contributed by atoms with Gasteiger partial charge in [-0.1, -0.05) is 23.0 Å². The van der Waals surface area contributed by atoms with Crippen molar-refractivity contribution in [2.75, 3.05) is 26.3 Å². The van der Waals surface area contributed by atoms with Crippen molar-refractivity contribution in [1.82, 2.24) is 24.4 Å². The molecule has 2 aromatic heterocycles. The van der Waals surface area contributed by atoms with E-state index in [9.17, 15) is 8.42 Å². The maximum atomic E-state index is 13.0. The predicted octanol–water partition coefficient (Wildman–Crippen LogP) is 2.04. The number of aryl methyl sites for hydroxylation is 1. The molecule has 1 fully saturated rings. The first-order valence-corrected chi connectivity index (χ1v) is 11.5. The van der Waals surface area contributed by atoms with Gasteiger partial charge in [-0.25, -0.2) is 13.4 Å². The van der Waals surface area contributed by atoms with E-state index in [1.54, 1.807) is 6.07 Å². The predicted molar refractivity (Wildman–Crippen MR) is 114 cm³/mol. The van der Waals surface area contributed by atoms with Crippen molar-refractivity contribution >= 4 is 21.1 Å². The minimum atomic E-state index is -3.65. The Balaban J connectivity index is 1.39. The fourth-order valence-corrected chi connectivity index (χ4v) is 4.89. The normalized spacial score (nSPS) is 15.3. The molecule has 4 aromatic rings. The van der Waals surface area contributed by atoms with E-state index in [1.807, 2.05) is 37.3 Å². The molecule has 32 heavy (non-hydrogen) atoms. The summed E-state index contributed by atoms with van der Waals surface area (Å²) in [7, 11) is -3.65. The van der Waals surface area contributed by atoms with Gasteiger partial charge in [0.05, 0.1) is 18.1 Å². The van der Waals surface area contributed by atoms with Crippen LogP contribution in [0.4, 0.5) is 0 Å². The van der Waals surface area contributed by atoms with Gasteiger partial charge in [0, 0.05) is 18.7 Å². The van der Waals surface area contributed by atoms with Gasteiger partial charge in [0.1, 0.15) is 22.5 Å². The monoisotopic (exact) mass is 455 g/mol. The summed E-state index contributed by atoms with van der Waals surface area (Å²) < 4.78 is 38.4. The molecule has 1 aliphatic heterocycles. The van der Waals surface area contributed by atoms with Crippen LogP contribution in [0.5, 0.6) is 0 Å². The third-order valence-corrected chi connectivity index (χ3v) is 7.13. The molecule has 1 aliphatic rings. The zero-order valence-electron chi connectivity index (χ0n) is 17.3. The van der Waals surface area contributed by atoms with Crippen LogP contribution >= 0.6 is 0 Å². The van der Waals surface area contributed by atoms with Crippen LogP contribution in [0.25, 0.3) is 22.5 Å². The van der Waals surface area contributed by atoms with E-state index in [0.717, 1.165) is 5.56 Å². The largest absolute Gasteiger partial charge is 0.441 e. The molecule has 0 bridgehead atoms. The number of nitrogens with zero attached hydrogens (tertiary/aromatic N) is 5. The van der Waals surface area contributed by atoms with Gasteiger partial charge in [0.15, 0.2) is 6.61 Å². The molecule has 11 heteroatoms. The topological polar surface area (TPSA) is 113 Å². The molecule has 0 spiro atoms. The summed E-state index contributed by atoms with van der Waals surface area (Å²) in [5.74, 6) is 1.13. The minimum absolute atomic E-state index is 0.0844. The molecule has 5 rings (SSSR count). The molecule has 0 unspecified atom stereocenters. The molecule has 0 saturated carbocycles. The minimum Gasteiger partial charge on any atom is -0.441 e. The third-order valence-electron chi connectivity index (χ3n) is 5.23. The second kappa shape index (κ2) is 8.34. The summed E-state index contributed by atoms with van der Waals surface area (Å²) in [4.78, 5) is 11.7. The van der Waals surface area contributed by atoms with Crippen molar-refractivity contribution in [3.63, 3.8) is 0 Å². The number of fused-ring (bicyclic) bond motifs is 1. The van der Waals surface area contributed by atoms with Crippen LogP contribution in [-0.2, 0) is 21.4 Å². The number of hydrogen-bond acceptors (Lipinski definition) is 8. The van der Waals surface area contributed by atoms with Gasteiger partial charge < -0.3 is 14.0 Å². The number of benzene rings is 2. The maximum absolute atomic E-state index is 13.0. The zero-order chi connectivity index (χ0) is 22.1. The average Bonchev–Trinajstić information content (AvgIpc) is 3.41. The number of sulfonamides is 1. The number of morpholine rings is 1. The molecule has 0 amide bonds. The lowest BCUT2D eigenvalue weighted by Gasteiger charge is -2.26. The number of rotatable bonds is 6. The first-order valence-electron chi connectivity index (χ1n) is 10.1. The SMILES string of the molecule is Cc1oc(-c2ccccc2)nc1COn1nnc2ccc(S(=O)(=O)N3CCOCC3)cc21. The Morgan fingerprint density at radius 2 is 1.88 bits per heavy atom. The average molecular weight is 455 g/mol. The Morgan fingerprint density at radius 1 is 1.09 bits per heavy atom. The van der Waals surface area contributed by atoms with Crippen molar-refractivity contribution in [3.05, 3.63) is 60.0 Å². The van der Waals surface area contributed by atoms with Crippen LogP contribution in [0.15, 0.2) is 57.8 Å². The number of ether oxygens (including phenoxy) is 1. The highest BCUT2D eigenvalue weighted by molar-refractivity contribution is 7.89. The van der Waals surface area contributed by atoms with E-state index in [0.29, 0.717) is 54.7 Å². The highest BCUT2D eigenvalue weighted by atomic mass is 32.2. The van der Waals surface area contributed by atoms with Crippen molar-refractivity contribution in [3.8, 4) is 11.5 Å². The van der Waals surface area contributed by atoms with Gasteiger partial charge >= 0.3 is 0 Å². The van der Waals surface area contributed by atoms with Crippen molar-refractivity contribution in [2.45, 2.75) is 18.4 Å². The Morgan fingerprint density at radius 3 is 2.66 bits per heavy atom. The van der Waals surface area contributed by atoms with Crippen LogP contribution in [0, 0.1) is 6.92 Å². The second-order valence-corrected chi connectivity index (χ2v) is 9.23. The summed E-state index contributed by atoms with van der Waals surface area (Å²) in [5.41, 5.74) is 2.45. The van der Waals surface area contributed by atoms with E-state index in [-0.39, 0.29) is 11.5 Å². The van der Waals surface area contributed by atoms with Crippen LogP contribution < -0.4 is 4.84 Å². The molecule has 2 aromatic carbocycles. The molecule has 1 saturated heterocycles. The van der Waals surface area contributed by atoms with Crippen LogP contribution in [0.2, 0.25) is 0 Å². The fraction of sp³-hybridized carbons (Fsp3) is 0.286. The van der Waals surface area contributed by atoms with E-state index < -0.39 is 10.0 Å². The third kappa shape index (κ3) is 3.85. The van der Waals surface area contributed by atoms with Gasteiger partial charge in [-0.05, 0) is 42.5 Å². The molecule has 3 heterocycles. The van der Waals surface area contributed by atoms with E-state index in [1.165, 1.54) is 21.3 Å². The summed E-state index contributed by atoms with van der Waals surface area (Å²) >= 11 is 0. The molecule has 0 atom stereocenters. The standard InChI is InChI=1S/C21H21N5O5S/c1-15-19(22-21(31-15)16-5-3-2-4-6-16)14-30-26-20-13-17(7-8-18(20)23-24-26)32(27,28)25-9-11-29-12-10-25/h2-8,13H,9-12,14H2,1H3. The summed E-state index contributed by atoms with van der Waals surface area (Å²) in [6, 6.07) is 14.2. The second-order valence-electron chi connectivity index (χ2n) is 7.29. The lowest BCUT2D eigenvalue weighted by molar-refractivity contribution is 0.0722. The molecular formula is C21H21N5O5S. The molecule has 0 N–H and O–H groups in total.